The van der Waals surface area contributed by atoms with Crippen LogP contribution in [0.15, 0.2) is 46.6 Å². The van der Waals surface area contributed by atoms with Gasteiger partial charge in [-0.15, -0.1) is 0 Å². The fourth-order valence-corrected chi connectivity index (χ4v) is 2.14. The summed E-state index contributed by atoms with van der Waals surface area (Å²) in [5.41, 5.74) is 5.66. The van der Waals surface area contributed by atoms with Crippen LogP contribution >= 0.6 is 0 Å². The molecule has 120 valence electrons. The summed E-state index contributed by atoms with van der Waals surface area (Å²) in [5.74, 6) is 0. The van der Waals surface area contributed by atoms with Crippen LogP contribution in [-0.2, 0) is 0 Å². The molecule has 0 radical (unpaired) electrons. The molecule has 0 saturated heterocycles. The summed E-state index contributed by atoms with van der Waals surface area (Å²) in [6, 6.07) is 0. The summed E-state index contributed by atoms with van der Waals surface area (Å²) < 4.78 is 0. The van der Waals surface area contributed by atoms with Crippen molar-refractivity contribution in [3.63, 3.8) is 0 Å². The molecule has 0 spiro atoms. The fourth-order valence-electron chi connectivity index (χ4n) is 2.14. The average Bonchev–Trinajstić information content (AvgIpc) is 2.38. The molecule has 0 aromatic rings. The van der Waals surface area contributed by atoms with Crippen molar-refractivity contribution in [2.24, 2.45) is 0 Å². The Labute approximate surface area is 132 Å². The van der Waals surface area contributed by atoms with E-state index in [9.17, 15) is 0 Å². The first-order valence-electron chi connectivity index (χ1n) is 8.16. The Kier molecular flexibility index (Phi) is 12.0. The summed E-state index contributed by atoms with van der Waals surface area (Å²) >= 11 is 0. The van der Waals surface area contributed by atoms with Crippen molar-refractivity contribution >= 4 is 0 Å². The van der Waals surface area contributed by atoms with Gasteiger partial charge in [0.05, 0.1) is 6.61 Å². The maximum absolute atomic E-state index is 8.80. The van der Waals surface area contributed by atoms with Gasteiger partial charge in [0.25, 0.3) is 0 Å². The zero-order valence-corrected chi connectivity index (χ0v) is 14.7. The van der Waals surface area contributed by atoms with Gasteiger partial charge in [-0.05, 0) is 73.1 Å². The minimum Gasteiger partial charge on any atom is -0.392 e. The number of aliphatic hydroxyl groups excluding tert-OH is 1. The van der Waals surface area contributed by atoms with E-state index in [-0.39, 0.29) is 6.61 Å². The van der Waals surface area contributed by atoms with Crippen LogP contribution in [0.2, 0.25) is 0 Å². The van der Waals surface area contributed by atoms with Crippen LogP contribution in [0.25, 0.3) is 0 Å². The van der Waals surface area contributed by atoms with E-state index in [0.29, 0.717) is 0 Å². The number of hydrogen-bond acceptors (Lipinski definition) is 1. The van der Waals surface area contributed by atoms with E-state index in [4.69, 9.17) is 5.11 Å². The Morgan fingerprint density at radius 2 is 1.00 bits per heavy atom. The molecule has 0 bridgehead atoms. The molecule has 1 nitrogen and oxygen atoms in total. The Hall–Kier alpha value is -1.08. The molecule has 1 heteroatoms. The second kappa shape index (κ2) is 12.6. The van der Waals surface area contributed by atoms with Crippen molar-refractivity contribution in [1.82, 2.24) is 0 Å². The molecule has 0 rings (SSSR count). The summed E-state index contributed by atoms with van der Waals surface area (Å²) in [6.45, 7) is 11.0. The molecule has 21 heavy (non-hydrogen) atoms. The molecule has 0 heterocycles. The lowest BCUT2D eigenvalue weighted by Crippen LogP contribution is -1.83. The number of aliphatic hydroxyl groups is 1. The summed E-state index contributed by atoms with van der Waals surface area (Å²) in [6.07, 6.45) is 15.7. The molecule has 0 fully saturated rings. The number of hydrogen-bond donors (Lipinski definition) is 1. The SMILES string of the molecule is CC(C)=CCC/C(C)=C\CCC(C)=CCC/C(C)=C/CO. The predicted octanol–water partition coefficient (Wildman–Crippen LogP) is 6.12. The van der Waals surface area contributed by atoms with E-state index in [1.54, 1.807) is 0 Å². The van der Waals surface area contributed by atoms with E-state index in [2.05, 4.69) is 52.8 Å². The van der Waals surface area contributed by atoms with Gasteiger partial charge in [0.1, 0.15) is 0 Å². The van der Waals surface area contributed by atoms with E-state index < -0.39 is 0 Å². The summed E-state index contributed by atoms with van der Waals surface area (Å²) in [5, 5.41) is 8.80. The first kappa shape index (κ1) is 19.9. The van der Waals surface area contributed by atoms with Crippen LogP contribution in [0.3, 0.4) is 0 Å². The maximum atomic E-state index is 8.80. The van der Waals surface area contributed by atoms with E-state index in [1.165, 1.54) is 28.7 Å². The molecule has 0 aliphatic heterocycles. The highest BCUT2D eigenvalue weighted by Gasteiger charge is 1.93. The molecule has 0 aliphatic carbocycles. The lowest BCUT2D eigenvalue weighted by Gasteiger charge is -2.02. The van der Waals surface area contributed by atoms with Crippen LogP contribution in [0.1, 0.15) is 73.1 Å². The van der Waals surface area contributed by atoms with Gasteiger partial charge in [0.15, 0.2) is 0 Å². The van der Waals surface area contributed by atoms with Gasteiger partial charge in [0.2, 0.25) is 0 Å². The minimum absolute atomic E-state index is 0.158. The Morgan fingerprint density at radius 3 is 1.38 bits per heavy atom. The molecule has 0 aromatic heterocycles. The lowest BCUT2D eigenvalue weighted by molar-refractivity contribution is 0.341. The van der Waals surface area contributed by atoms with Gasteiger partial charge >= 0.3 is 0 Å². The highest BCUT2D eigenvalue weighted by Crippen LogP contribution is 2.13. The Balaban J connectivity index is 3.93. The maximum Gasteiger partial charge on any atom is 0.0614 e. The van der Waals surface area contributed by atoms with Crippen molar-refractivity contribution < 1.29 is 5.11 Å². The van der Waals surface area contributed by atoms with Crippen LogP contribution in [0.4, 0.5) is 0 Å². The number of rotatable bonds is 10. The van der Waals surface area contributed by atoms with Gasteiger partial charge in [-0.25, -0.2) is 0 Å². The highest BCUT2D eigenvalue weighted by atomic mass is 16.2. The van der Waals surface area contributed by atoms with E-state index in [1.807, 2.05) is 6.08 Å². The molecular formula is C20H34O. The lowest BCUT2D eigenvalue weighted by atomic mass is 10.0. The molecule has 0 unspecified atom stereocenters. The predicted molar refractivity (Wildman–Crippen MR) is 95.5 cm³/mol. The Morgan fingerprint density at radius 1 is 0.619 bits per heavy atom. The molecule has 1 N–H and O–H groups in total. The zero-order valence-electron chi connectivity index (χ0n) is 14.7. The summed E-state index contributed by atoms with van der Waals surface area (Å²) in [4.78, 5) is 0. The summed E-state index contributed by atoms with van der Waals surface area (Å²) in [7, 11) is 0. The van der Waals surface area contributed by atoms with Gasteiger partial charge in [-0.2, -0.15) is 0 Å². The topological polar surface area (TPSA) is 20.2 Å². The monoisotopic (exact) mass is 290 g/mol. The quantitative estimate of drug-likeness (QED) is 0.480. The van der Waals surface area contributed by atoms with Gasteiger partial charge in [-0.1, -0.05) is 46.6 Å². The van der Waals surface area contributed by atoms with Gasteiger partial charge in [0, 0.05) is 0 Å². The third-order valence-corrected chi connectivity index (χ3v) is 3.59. The molecule has 0 aliphatic rings. The molecule has 0 saturated carbocycles. The van der Waals surface area contributed by atoms with Crippen molar-refractivity contribution in [1.29, 1.82) is 0 Å². The van der Waals surface area contributed by atoms with Crippen LogP contribution in [0.5, 0.6) is 0 Å². The third-order valence-electron chi connectivity index (χ3n) is 3.59. The minimum atomic E-state index is 0.158. The normalized spacial score (nSPS) is 13.5. The second-order valence-electron chi connectivity index (χ2n) is 6.23. The molecule has 0 atom stereocenters. The van der Waals surface area contributed by atoms with E-state index in [0.717, 1.165) is 32.1 Å². The molecule has 0 aromatic carbocycles. The first-order valence-corrected chi connectivity index (χ1v) is 8.16. The van der Waals surface area contributed by atoms with Crippen LogP contribution < -0.4 is 0 Å². The standard InChI is InChI=1S/C20H34O/c1-17(2)9-6-10-18(3)11-7-12-19(4)13-8-14-20(5)15-16-21/h9,11,13,15,21H,6-8,10,12,14,16H2,1-5H3/b18-11-,19-13?,20-15+. The average molecular weight is 290 g/mol. The van der Waals surface area contributed by atoms with Crippen molar-refractivity contribution in [3.8, 4) is 0 Å². The zero-order chi connectivity index (χ0) is 16.1. The van der Waals surface area contributed by atoms with E-state index >= 15 is 0 Å². The van der Waals surface area contributed by atoms with Crippen molar-refractivity contribution in [3.05, 3.63) is 46.6 Å². The number of allylic oxidation sites excluding steroid dienone is 7. The van der Waals surface area contributed by atoms with Crippen molar-refractivity contribution in [2.45, 2.75) is 73.1 Å². The smallest absolute Gasteiger partial charge is 0.0614 e. The third kappa shape index (κ3) is 13.7. The van der Waals surface area contributed by atoms with Gasteiger partial charge < -0.3 is 5.11 Å². The van der Waals surface area contributed by atoms with Gasteiger partial charge in [-0.3, -0.25) is 0 Å². The first-order chi connectivity index (χ1) is 9.95. The van der Waals surface area contributed by atoms with Crippen molar-refractivity contribution in [2.75, 3.05) is 6.61 Å². The largest absolute Gasteiger partial charge is 0.392 e. The fraction of sp³-hybridized carbons (Fsp3) is 0.600. The van der Waals surface area contributed by atoms with Crippen LogP contribution in [0, 0.1) is 0 Å². The molecule has 0 amide bonds. The second-order valence-corrected chi connectivity index (χ2v) is 6.23. The highest BCUT2D eigenvalue weighted by molar-refractivity contribution is 5.07. The molecular weight excluding hydrogens is 256 g/mol. The Bertz CT molecular complexity index is 390. The van der Waals surface area contributed by atoms with Crippen LogP contribution in [-0.4, -0.2) is 11.7 Å².